The summed E-state index contributed by atoms with van der Waals surface area (Å²) in [5.74, 6) is -0.671. The number of hydrogen-bond donors (Lipinski definition) is 7. The number of hydrogen-bond acceptors (Lipinski definition) is 11. The standard InChI is InChI=1S/C32H61NO12S/c1-10-13-31(6,7)14-15-32(8,9)17-23(36)28(39)33-21(22(35)12-11-20(2)16-30(3,4)5)19-43-29-26(38)27(45-46(40,41)42)25(37)24(18-34)44-29/h11-12,20-27,29,34-38H,10,13-19H2,1-9H3,(H,33,39)(H,40,41,42)/b12-11+/t20?,21-,22-,23?,24?,25?,26?,27?,29?/m1/s1. The van der Waals surface area contributed by atoms with Gasteiger partial charge in [0.1, 0.15) is 30.5 Å². The van der Waals surface area contributed by atoms with Crippen LogP contribution in [0.2, 0.25) is 0 Å². The minimum atomic E-state index is -5.12. The van der Waals surface area contributed by atoms with Crippen LogP contribution in [0.1, 0.15) is 101 Å². The van der Waals surface area contributed by atoms with E-state index in [-0.39, 0.29) is 28.6 Å². The Labute approximate surface area is 275 Å². The van der Waals surface area contributed by atoms with Crippen molar-refractivity contribution in [2.75, 3.05) is 13.2 Å². The van der Waals surface area contributed by atoms with Gasteiger partial charge in [-0.3, -0.25) is 9.35 Å². The summed E-state index contributed by atoms with van der Waals surface area (Å²) in [5.41, 5.74) is -0.210. The molecule has 0 spiro atoms. The van der Waals surface area contributed by atoms with E-state index < -0.39 is 78.5 Å². The number of carbonyl (C=O) groups is 1. The molecule has 0 aromatic heterocycles. The van der Waals surface area contributed by atoms with Gasteiger partial charge in [-0.25, -0.2) is 4.18 Å². The maximum absolute atomic E-state index is 13.2. The largest absolute Gasteiger partial charge is 0.397 e. The lowest BCUT2D eigenvalue weighted by molar-refractivity contribution is -0.298. The van der Waals surface area contributed by atoms with Crippen molar-refractivity contribution in [1.82, 2.24) is 5.32 Å². The minimum absolute atomic E-state index is 0.0248. The molecule has 0 bridgehead atoms. The Morgan fingerprint density at radius 3 is 2.07 bits per heavy atom. The van der Waals surface area contributed by atoms with Crippen molar-refractivity contribution >= 4 is 16.3 Å². The van der Waals surface area contributed by atoms with Crippen molar-refractivity contribution in [2.24, 2.45) is 22.2 Å². The second-order valence-corrected chi connectivity index (χ2v) is 16.6. The predicted octanol–water partition coefficient (Wildman–Crippen LogP) is 2.49. The topological polar surface area (TPSA) is 212 Å². The van der Waals surface area contributed by atoms with Crippen LogP contribution < -0.4 is 5.32 Å². The highest BCUT2D eigenvalue weighted by molar-refractivity contribution is 7.80. The second kappa shape index (κ2) is 18.0. The summed E-state index contributed by atoms with van der Waals surface area (Å²) in [4.78, 5) is 13.2. The van der Waals surface area contributed by atoms with Crippen molar-refractivity contribution in [3.63, 3.8) is 0 Å². The van der Waals surface area contributed by atoms with Crippen LogP contribution in [0.4, 0.5) is 0 Å². The van der Waals surface area contributed by atoms with Crippen molar-refractivity contribution in [3.05, 3.63) is 12.2 Å². The number of nitrogens with one attached hydrogen (secondary N) is 1. The van der Waals surface area contributed by atoms with Gasteiger partial charge in [-0.05, 0) is 54.3 Å². The minimum Gasteiger partial charge on any atom is -0.394 e. The molecule has 1 saturated heterocycles. The Bertz CT molecular complexity index is 1060. The third kappa shape index (κ3) is 15.8. The molecule has 0 saturated carbocycles. The van der Waals surface area contributed by atoms with Crippen LogP contribution in [0, 0.1) is 22.2 Å². The SMILES string of the molecule is CCCC(C)(C)CCC(C)(C)CC(O)C(=O)N[C@H](COC1OC(CO)C(O)C(OS(=O)(=O)O)C1O)[C@H](O)/C=C/C(C)CC(C)(C)C. The molecule has 14 heteroatoms. The summed E-state index contributed by atoms with van der Waals surface area (Å²) in [6.45, 7) is 17.4. The van der Waals surface area contributed by atoms with Gasteiger partial charge in [0.2, 0.25) is 5.91 Å². The molecule has 272 valence electrons. The molecule has 1 heterocycles. The number of amides is 1. The highest BCUT2D eigenvalue weighted by atomic mass is 32.3. The summed E-state index contributed by atoms with van der Waals surface area (Å²) in [5, 5.41) is 55.2. The Hall–Kier alpha value is -1.20. The van der Waals surface area contributed by atoms with Gasteiger partial charge in [-0.15, -0.1) is 0 Å². The van der Waals surface area contributed by atoms with Crippen LogP contribution in [-0.4, -0.2) is 107 Å². The first kappa shape index (κ1) is 42.8. The van der Waals surface area contributed by atoms with Gasteiger partial charge in [0.25, 0.3) is 0 Å². The fraction of sp³-hybridized carbons (Fsp3) is 0.906. The van der Waals surface area contributed by atoms with E-state index in [0.717, 1.165) is 32.1 Å². The van der Waals surface area contributed by atoms with E-state index in [0.29, 0.717) is 0 Å². The summed E-state index contributed by atoms with van der Waals surface area (Å²) in [6.07, 6.45) is -3.51. The Morgan fingerprint density at radius 2 is 1.54 bits per heavy atom. The molecule has 1 amide bonds. The van der Waals surface area contributed by atoms with Crippen molar-refractivity contribution in [1.29, 1.82) is 0 Å². The van der Waals surface area contributed by atoms with Gasteiger partial charge < -0.3 is 40.3 Å². The zero-order chi connectivity index (χ0) is 35.7. The van der Waals surface area contributed by atoms with E-state index in [1.165, 1.54) is 6.08 Å². The molecule has 46 heavy (non-hydrogen) atoms. The van der Waals surface area contributed by atoms with Crippen LogP contribution in [0.3, 0.4) is 0 Å². The van der Waals surface area contributed by atoms with E-state index in [9.17, 15) is 38.7 Å². The zero-order valence-corrected chi connectivity index (χ0v) is 29.9. The molecule has 0 aromatic carbocycles. The molecule has 1 aliphatic rings. The maximum atomic E-state index is 13.2. The maximum Gasteiger partial charge on any atom is 0.397 e. The number of carbonyl (C=O) groups excluding carboxylic acids is 1. The van der Waals surface area contributed by atoms with E-state index in [1.54, 1.807) is 6.08 Å². The highest BCUT2D eigenvalue weighted by Gasteiger charge is 2.48. The van der Waals surface area contributed by atoms with Crippen LogP contribution in [0.15, 0.2) is 12.2 Å². The van der Waals surface area contributed by atoms with E-state index in [1.807, 2.05) is 20.8 Å². The molecule has 13 nitrogen and oxygen atoms in total. The summed E-state index contributed by atoms with van der Waals surface area (Å²) in [7, 11) is -5.12. The van der Waals surface area contributed by atoms with Crippen LogP contribution in [0.5, 0.6) is 0 Å². The van der Waals surface area contributed by atoms with E-state index in [4.69, 9.17) is 14.0 Å². The molecule has 1 aliphatic heterocycles. The molecule has 1 fully saturated rings. The molecular formula is C32H61NO12S. The van der Waals surface area contributed by atoms with Gasteiger partial charge in [-0.2, -0.15) is 8.42 Å². The first-order valence-corrected chi connectivity index (χ1v) is 17.5. The Kier molecular flexibility index (Phi) is 16.7. The van der Waals surface area contributed by atoms with Crippen molar-refractivity contribution < 1.29 is 57.0 Å². The molecule has 7 unspecified atom stereocenters. The molecule has 0 aliphatic carbocycles. The van der Waals surface area contributed by atoms with Crippen LogP contribution in [0.25, 0.3) is 0 Å². The molecule has 1 rings (SSSR count). The average Bonchev–Trinajstić information content (AvgIpc) is 2.90. The highest BCUT2D eigenvalue weighted by Crippen LogP contribution is 2.36. The molecule has 7 N–H and O–H groups in total. The van der Waals surface area contributed by atoms with Gasteiger partial charge in [0.15, 0.2) is 6.29 Å². The number of aliphatic hydroxyl groups is 5. The summed E-state index contributed by atoms with van der Waals surface area (Å²) in [6, 6.07) is -1.16. The van der Waals surface area contributed by atoms with E-state index >= 15 is 0 Å². The lowest BCUT2D eigenvalue weighted by Crippen LogP contribution is -2.61. The Balaban J connectivity index is 3.13. The lowest BCUT2D eigenvalue weighted by atomic mass is 9.74. The second-order valence-electron chi connectivity index (χ2n) is 15.6. The fourth-order valence-electron chi connectivity index (χ4n) is 5.82. The number of aliphatic hydroxyl groups excluding tert-OH is 5. The first-order chi connectivity index (χ1) is 20.9. The number of rotatable bonds is 19. The predicted molar refractivity (Wildman–Crippen MR) is 173 cm³/mol. The zero-order valence-electron chi connectivity index (χ0n) is 29.0. The average molecular weight is 684 g/mol. The van der Waals surface area contributed by atoms with Gasteiger partial charge >= 0.3 is 10.4 Å². The van der Waals surface area contributed by atoms with Gasteiger partial charge in [-0.1, -0.05) is 80.9 Å². The quantitative estimate of drug-likeness (QED) is 0.0773. The molecule has 0 aromatic rings. The van der Waals surface area contributed by atoms with E-state index in [2.05, 4.69) is 51.0 Å². The monoisotopic (exact) mass is 683 g/mol. The normalized spacial score (nSPS) is 26.1. The molecule has 0 radical (unpaired) electrons. The first-order valence-electron chi connectivity index (χ1n) is 16.1. The van der Waals surface area contributed by atoms with Gasteiger partial charge in [0.05, 0.1) is 25.4 Å². The number of allylic oxidation sites excluding steroid dienone is 1. The fourth-order valence-corrected chi connectivity index (χ4v) is 6.32. The Morgan fingerprint density at radius 1 is 0.957 bits per heavy atom. The summed E-state index contributed by atoms with van der Waals surface area (Å²) < 4.78 is 47.2. The third-order valence-corrected chi connectivity index (χ3v) is 8.73. The van der Waals surface area contributed by atoms with Crippen molar-refractivity contribution in [2.45, 2.75) is 150 Å². The third-order valence-electron chi connectivity index (χ3n) is 8.26. The number of ether oxygens (including phenoxy) is 2. The lowest BCUT2D eigenvalue weighted by Gasteiger charge is -2.41. The van der Waals surface area contributed by atoms with Crippen LogP contribution in [-0.2, 0) is 28.9 Å². The van der Waals surface area contributed by atoms with Crippen LogP contribution >= 0.6 is 0 Å². The summed E-state index contributed by atoms with van der Waals surface area (Å²) >= 11 is 0. The van der Waals surface area contributed by atoms with Crippen molar-refractivity contribution in [3.8, 4) is 0 Å². The van der Waals surface area contributed by atoms with Gasteiger partial charge in [0, 0.05) is 0 Å². The molecular weight excluding hydrogens is 622 g/mol. The molecule has 9 atom stereocenters. The smallest absolute Gasteiger partial charge is 0.394 e.